The number of aliphatic hydroxyl groups excluding tert-OH is 1. The molecule has 9 N–H and O–H groups in total. The number of rotatable bonds is 11. The van der Waals surface area contributed by atoms with Crippen molar-refractivity contribution in [1.29, 1.82) is 0 Å². The standard InChI is InChI=1S/C18H20N6O4.C13H12N6O2.C10H7N5O2.C8H13NO2.C7H4Cl2O2.CH4O/c1-18(2,3)28-17(27)19-10-12-11-24(22-21-12)14-6-4-13(5-7-14)23-9-8-15(25)20-16(23)26;14-7-9-8-19(17-16-9)11-3-1-10(2-4-11)18-6-5-12(20)15-13(18)21;11-14-13-7-1-3-8(4-2-7)15-6-5-9(16)12-10(15)17;1-5-6-9-7(10)11-8(2,3)4;8-5-2-1-4(7(10)11)3-6(5)9;1-2/h4-9,11H,10H2,1-3H3,(H,19,27)(H,20,25,26);1-6,8H,7,14H2,(H,15,20,21);1-6H,(H,12,16,17);1H,6H2,2-4H3,(H,9,10);1-3H,(H,10,11);2H,1H3. The first-order chi connectivity index (χ1) is 42.6. The summed E-state index contributed by atoms with van der Waals surface area (Å²) in [5, 5.41) is 40.4. The van der Waals surface area contributed by atoms with Crippen LogP contribution in [0.3, 0.4) is 0 Å². The zero-order chi connectivity index (χ0) is 66.7. The average Bonchev–Trinajstić information content (AvgIpc) is 2.18. The molecule has 9 aromatic rings. The fourth-order valence-electron chi connectivity index (χ4n) is 6.69. The number of benzene rings is 4. The zero-order valence-corrected chi connectivity index (χ0v) is 50.6. The smallest absolute Gasteiger partial charge is 0.408 e. The van der Waals surface area contributed by atoms with Crippen molar-refractivity contribution in [3.05, 3.63) is 240 Å². The lowest BCUT2D eigenvalue weighted by Crippen LogP contribution is -2.32. The van der Waals surface area contributed by atoms with Gasteiger partial charge in [0.2, 0.25) is 0 Å². The molecule has 0 aliphatic rings. The van der Waals surface area contributed by atoms with Crippen molar-refractivity contribution in [2.75, 3.05) is 13.7 Å². The zero-order valence-electron chi connectivity index (χ0n) is 49.1. The number of nitrogens with zero attached hydrogens (tertiary/aromatic N) is 12. The highest BCUT2D eigenvalue weighted by atomic mass is 35.5. The van der Waals surface area contributed by atoms with Gasteiger partial charge in [-0.3, -0.25) is 43.0 Å². The number of carboxylic acids is 1. The van der Waals surface area contributed by atoms with Crippen molar-refractivity contribution >= 4 is 47.0 Å². The fourth-order valence-corrected chi connectivity index (χ4v) is 6.99. The van der Waals surface area contributed by atoms with E-state index < -0.39 is 63.1 Å². The van der Waals surface area contributed by atoms with Crippen LogP contribution in [-0.4, -0.2) is 112 Å². The van der Waals surface area contributed by atoms with E-state index in [1.54, 1.807) is 136 Å². The Bertz CT molecular complexity index is 4330. The summed E-state index contributed by atoms with van der Waals surface area (Å²) in [6.45, 7) is 11.4. The van der Waals surface area contributed by atoms with E-state index in [9.17, 15) is 43.2 Å². The predicted molar refractivity (Wildman–Crippen MR) is 332 cm³/mol. The van der Waals surface area contributed by atoms with Crippen LogP contribution >= 0.6 is 23.2 Å². The molecule has 0 spiro atoms. The second kappa shape index (κ2) is 34.1. The average molecular weight is 1280 g/mol. The predicted octanol–water partition coefficient (Wildman–Crippen LogP) is 5.61. The number of aliphatic hydroxyl groups is 1. The molecule has 31 nitrogen and oxygen atoms in total. The minimum absolute atomic E-state index is 0.138. The Labute approximate surface area is 519 Å². The molecule has 0 saturated heterocycles. The number of azide groups is 1. The minimum atomic E-state index is -1.01. The molecule has 5 heterocycles. The van der Waals surface area contributed by atoms with E-state index in [1.807, 2.05) is 0 Å². The normalized spacial score (nSPS) is 10.3. The van der Waals surface area contributed by atoms with Gasteiger partial charge in [-0.2, -0.15) is 0 Å². The van der Waals surface area contributed by atoms with E-state index in [0.29, 0.717) is 45.7 Å². The molecule has 0 saturated carbocycles. The van der Waals surface area contributed by atoms with Crippen LogP contribution in [0.5, 0.6) is 0 Å². The number of amides is 2. The lowest BCUT2D eigenvalue weighted by molar-refractivity contribution is 0.0516. The van der Waals surface area contributed by atoms with Gasteiger partial charge in [-0.25, -0.2) is 38.1 Å². The van der Waals surface area contributed by atoms with Gasteiger partial charge in [-0.15, -0.1) is 16.6 Å². The third-order valence-corrected chi connectivity index (χ3v) is 11.3. The summed E-state index contributed by atoms with van der Waals surface area (Å²) in [6.07, 6.45) is 11.5. The van der Waals surface area contributed by atoms with Crippen molar-refractivity contribution < 1.29 is 34.1 Å². The van der Waals surface area contributed by atoms with Gasteiger partial charge in [0.15, 0.2) is 0 Å². The molecular weight excluding hydrogens is 1220 g/mol. The van der Waals surface area contributed by atoms with Gasteiger partial charge in [0.05, 0.1) is 75.2 Å². The van der Waals surface area contributed by atoms with Gasteiger partial charge in [0.25, 0.3) is 16.7 Å². The Morgan fingerprint density at radius 1 is 0.622 bits per heavy atom. The van der Waals surface area contributed by atoms with Gasteiger partial charge in [0, 0.05) is 61.0 Å². The van der Waals surface area contributed by atoms with E-state index in [4.69, 9.17) is 60.6 Å². The number of nitrogens with two attached hydrogens (primary N) is 1. The quantitative estimate of drug-likeness (QED) is 0.0337. The van der Waals surface area contributed by atoms with Crippen molar-refractivity contribution in [2.45, 2.75) is 65.8 Å². The molecule has 0 unspecified atom stereocenters. The molecule has 4 aromatic carbocycles. The number of nitrogens with one attached hydrogen (secondary N) is 5. The number of aromatic carboxylic acids is 1. The monoisotopic (exact) mass is 1270 g/mol. The van der Waals surface area contributed by atoms with Crippen molar-refractivity contribution in [2.24, 2.45) is 10.8 Å². The maximum Gasteiger partial charge on any atom is 0.408 e. The van der Waals surface area contributed by atoms with E-state index in [0.717, 1.165) is 18.5 Å². The largest absolute Gasteiger partial charge is 0.478 e. The Kier molecular flexibility index (Phi) is 26.9. The molecular formula is C57H60Cl2N18O13. The summed E-state index contributed by atoms with van der Waals surface area (Å²) in [5.74, 6) is 1.26. The van der Waals surface area contributed by atoms with Crippen LogP contribution in [0.2, 0.25) is 10.0 Å². The molecule has 470 valence electrons. The van der Waals surface area contributed by atoms with Gasteiger partial charge in [0.1, 0.15) is 16.9 Å². The minimum Gasteiger partial charge on any atom is -0.478 e. The van der Waals surface area contributed by atoms with E-state index in [1.165, 1.54) is 68.7 Å². The van der Waals surface area contributed by atoms with E-state index in [-0.39, 0.29) is 23.7 Å². The summed E-state index contributed by atoms with van der Waals surface area (Å²) in [5.41, 5.74) is 15.0. The summed E-state index contributed by atoms with van der Waals surface area (Å²) in [6, 6.07) is 28.4. The molecule has 0 aliphatic heterocycles. The van der Waals surface area contributed by atoms with Crippen molar-refractivity contribution in [3.63, 3.8) is 0 Å². The molecule has 90 heavy (non-hydrogen) atoms. The second-order valence-electron chi connectivity index (χ2n) is 19.5. The Hall–Kier alpha value is -11.4. The molecule has 2 amide bonds. The SMILES string of the molecule is C#CCNC(=O)OC(C)(C)C.CC(C)(C)OC(=O)NCc1cn(-c2ccc(-n3ccc(=O)[nH]c3=O)cc2)nn1.CO.NCc1cn(-c2ccc(-n3ccc(=O)[nH]c3=O)cc2)nn1.O=C(O)c1ccc(Cl)c(Cl)c1.[N-]=[N+]=Nc1ccc(-n2ccc(=O)[nH]c2=O)cc1. The first-order valence-corrected chi connectivity index (χ1v) is 26.8. The highest BCUT2D eigenvalue weighted by Gasteiger charge is 2.17. The number of H-pyrrole nitrogens is 3. The van der Waals surface area contributed by atoms with Gasteiger partial charge in [-0.1, -0.05) is 56.8 Å². The summed E-state index contributed by atoms with van der Waals surface area (Å²) >= 11 is 11.1. The topological polar surface area (TPSA) is 435 Å². The number of aromatic amines is 3. The number of carboxylic acid groups (broad SMARTS) is 1. The van der Waals surface area contributed by atoms with Gasteiger partial charge >= 0.3 is 35.2 Å². The van der Waals surface area contributed by atoms with Crippen molar-refractivity contribution in [3.8, 4) is 40.8 Å². The molecule has 33 heteroatoms. The third kappa shape index (κ3) is 23.5. The summed E-state index contributed by atoms with van der Waals surface area (Å²) in [4.78, 5) is 110. The molecule has 9 rings (SSSR count). The van der Waals surface area contributed by atoms with Crippen LogP contribution in [-0.2, 0) is 22.6 Å². The van der Waals surface area contributed by atoms with Crippen LogP contribution in [0.25, 0.3) is 38.9 Å². The third-order valence-electron chi connectivity index (χ3n) is 10.5. The number of ether oxygens (including phenoxy) is 2. The maximum atomic E-state index is 11.8. The Morgan fingerprint density at radius 2 is 1.01 bits per heavy atom. The molecule has 0 bridgehead atoms. The second-order valence-corrected chi connectivity index (χ2v) is 20.4. The number of hydrogen-bond donors (Lipinski definition) is 8. The van der Waals surface area contributed by atoms with E-state index in [2.05, 4.69) is 62.2 Å². The first-order valence-electron chi connectivity index (χ1n) is 26.0. The maximum absolute atomic E-state index is 11.8. The molecule has 0 aliphatic carbocycles. The highest BCUT2D eigenvalue weighted by molar-refractivity contribution is 6.42. The Morgan fingerprint density at radius 3 is 1.37 bits per heavy atom. The number of aromatic nitrogens is 12. The van der Waals surface area contributed by atoms with Crippen LogP contribution in [0.1, 0.15) is 63.3 Å². The van der Waals surface area contributed by atoms with E-state index >= 15 is 0 Å². The number of carbonyl (C=O) groups excluding carboxylic acids is 2. The fraction of sp³-hybridized carbons (Fsp3) is 0.211. The molecule has 5 aromatic heterocycles. The Balaban J connectivity index is 0.000000249. The summed E-state index contributed by atoms with van der Waals surface area (Å²) < 4.78 is 17.2. The number of alkyl carbamates (subject to hydrolysis) is 2. The molecule has 0 radical (unpaired) electrons. The lowest BCUT2D eigenvalue weighted by Gasteiger charge is -2.19. The van der Waals surface area contributed by atoms with Crippen LogP contribution in [0.15, 0.2) is 174 Å². The van der Waals surface area contributed by atoms with Crippen LogP contribution in [0, 0.1) is 12.3 Å². The summed E-state index contributed by atoms with van der Waals surface area (Å²) in [7, 11) is 1.00. The number of carbonyl (C=O) groups is 3. The number of terminal acetylenes is 1. The highest BCUT2D eigenvalue weighted by Crippen LogP contribution is 2.22. The van der Waals surface area contributed by atoms with Gasteiger partial charge in [-0.05, 0) is 126 Å². The molecule has 0 atom stereocenters. The van der Waals surface area contributed by atoms with Crippen LogP contribution in [0.4, 0.5) is 15.3 Å². The first kappa shape index (κ1) is 71.1. The number of hydrogen-bond acceptors (Lipinski definition) is 18. The molecule has 0 fully saturated rings. The van der Waals surface area contributed by atoms with Crippen LogP contribution < -0.4 is 50.1 Å². The van der Waals surface area contributed by atoms with Crippen molar-refractivity contribution in [1.82, 2.24) is 69.3 Å². The lowest BCUT2D eigenvalue weighted by atomic mass is 10.2. The van der Waals surface area contributed by atoms with Gasteiger partial charge < -0.3 is 36.1 Å². The number of halogens is 2.